The van der Waals surface area contributed by atoms with Gasteiger partial charge in [0.05, 0.1) is 0 Å². The van der Waals surface area contributed by atoms with Gasteiger partial charge in [0.1, 0.15) is 12.0 Å². The van der Waals surface area contributed by atoms with Gasteiger partial charge in [-0.1, -0.05) is 11.2 Å². The molecule has 0 aliphatic carbocycles. The second-order valence-electron chi connectivity index (χ2n) is 2.24. The van der Waals surface area contributed by atoms with Gasteiger partial charge < -0.3 is 10.5 Å². The summed E-state index contributed by atoms with van der Waals surface area (Å²) in [7, 11) is 0. The van der Waals surface area contributed by atoms with Crippen LogP contribution in [0.4, 0.5) is 10.1 Å². The number of carbonyl (C=O) groups excluding carboxylic acids is 1. The van der Waals surface area contributed by atoms with Crippen molar-refractivity contribution in [2.24, 2.45) is 5.16 Å². The molecule has 1 amide bonds. The maximum Gasteiger partial charge on any atom is 0.270 e. The number of nitrogens with zero attached hydrogens (tertiary/aromatic N) is 1. The molecule has 0 aliphatic heterocycles. The van der Waals surface area contributed by atoms with Crippen LogP contribution < -0.4 is 5.32 Å². The van der Waals surface area contributed by atoms with Gasteiger partial charge in [-0.2, -0.15) is 0 Å². The molecule has 0 atom stereocenters. The molecule has 5 heteroatoms. The molecule has 13 heavy (non-hydrogen) atoms. The molecule has 0 spiro atoms. The van der Waals surface area contributed by atoms with Crippen LogP contribution in [0.5, 0.6) is 0 Å². The van der Waals surface area contributed by atoms with Gasteiger partial charge in [0.2, 0.25) is 0 Å². The number of hydrogen-bond donors (Lipinski definition) is 2. The highest BCUT2D eigenvalue weighted by molar-refractivity contribution is 6.31. The van der Waals surface area contributed by atoms with Crippen LogP contribution in [0.2, 0.25) is 0 Å². The molecule has 0 unspecified atom stereocenters. The van der Waals surface area contributed by atoms with E-state index < -0.39 is 11.7 Å². The van der Waals surface area contributed by atoms with E-state index in [2.05, 4.69) is 10.5 Å². The predicted molar refractivity (Wildman–Crippen MR) is 45.3 cm³/mol. The molecule has 0 fully saturated rings. The summed E-state index contributed by atoms with van der Waals surface area (Å²) < 4.78 is 12.6. The van der Waals surface area contributed by atoms with Gasteiger partial charge in [-0.15, -0.1) is 0 Å². The standard InChI is InChI=1S/C8H7FN2O2/c9-6-2-1-3-7(4-6)11-8(12)5-10-13/h1-5,13H,(H,11,12)/b10-5+. The zero-order valence-electron chi connectivity index (χ0n) is 6.57. The van der Waals surface area contributed by atoms with Gasteiger partial charge in [0.25, 0.3) is 5.91 Å². The van der Waals surface area contributed by atoms with Crippen molar-refractivity contribution in [1.29, 1.82) is 0 Å². The topological polar surface area (TPSA) is 61.7 Å². The first-order valence-electron chi connectivity index (χ1n) is 3.46. The van der Waals surface area contributed by atoms with Crippen molar-refractivity contribution >= 4 is 17.8 Å². The smallest absolute Gasteiger partial charge is 0.270 e. The van der Waals surface area contributed by atoms with E-state index in [0.29, 0.717) is 11.9 Å². The lowest BCUT2D eigenvalue weighted by Gasteiger charge is -1.99. The molecule has 68 valence electrons. The number of carbonyl (C=O) groups is 1. The summed E-state index contributed by atoms with van der Waals surface area (Å²) in [6.07, 6.45) is 0.685. The Hall–Kier alpha value is -1.91. The number of anilines is 1. The largest absolute Gasteiger partial charge is 0.411 e. The van der Waals surface area contributed by atoms with Gasteiger partial charge in [0, 0.05) is 5.69 Å². The predicted octanol–water partition coefficient (Wildman–Crippen LogP) is 1.22. The summed E-state index contributed by atoms with van der Waals surface area (Å²) >= 11 is 0. The Morgan fingerprint density at radius 2 is 2.38 bits per heavy atom. The third kappa shape index (κ3) is 2.90. The SMILES string of the molecule is O=C(/C=N/O)Nc1cccc(F)c1. The van der Waals surface area contributed by atoms with Gasteiger partial charge in [-0.25, -0.2) is 4.39 Å². The summed E-state index contributed by atoms with van der Waals surface area (Å²) in [6.45, 7) is 0. The monoisotopic (exact) mass is 182 g/mol. The van der Waals surface area contributed by atoms with Crippen LogP contribution >= 0.6 is 0 Å². The molecule has 0 saturated heterocycles. The van der Waals surface area contributed by atoms with Crippen LogP contribution in [0.25, 0.3) is 0 Å². The van der Waals surface area contributed by atoms with Crippen molar-refractivity contribution in [2.45, 2.75) is 0 Å². The minimum Gasteiger partial charge on any atom is -0.411 e. The lowest BCUT2D eigenvalue weighted by Crippen LogP contribution is -2.12. The number of benzene rings is 1. The minimum atomic E-state index is -0.617. The Bertz CT molecular complexity index is 339. The summed E-state index contributed by atoms with van der Waals surface area (Å²) in [5.74, 6) is -1.06. The molecular weight excluding hydrogens is 175 g/mol. The van der Waals surface area contributed by atoms with Crippen molar-refractivity contribution < 1.29 is 14.4 Å². The first-order chi connectivity index (χ1) is 6.22. The van der Waals surface area contributed by atoms with Crippen LogP contribution in [-0.2, 0) is 4.79 Å². The molecule has 0 saturated carbocycles. The van der Waals surface area contributed by atoms with Crippen molar-refractivity contribution in [1.82, 2.24) is 0 Å². The number of oxime groups is 1. The first-order valence-corrected chi connectivity index (χ1v) is 3.46. The minimum absolute atomic E-state index is 0.310. The lowest BCUT2D eigenvalue weighted by atomic mass is 10.3. The van der Waals surface area contributed by atoms with E-state index in [0.717, 1.165) is 6.07 Å². The highest BCUT2D eigenvalue weighted by atomic mass is 19.1. The van der Waals surface area contributed by atoms with Crippen LogP contribution in [0.15, 0.2) is 29.4 Å². The van der Waals surface area contributed by atoms with E-state index in [9.17, 15) is 9.18 Å². The molecule has 1 rings (SSSR count). The van der Waals surface area contributed by atoms with E-state index >= 15 is 0 Å². The van der Waals surface area contributed by atoms with Crippen molar-refractivity contribution in [3.05, 3.63) is 30.1 Å². The molecule has 0 aromatic heterocycles. The van der Waals surface area contributed by atoms with Crippen molar-refractivity contribution in [3.63, 3.8) is 0 Å². The number of rotatable bonds is 2. The molecule has 0 heterocycles. The molecule has 1 aromatic rings. The zero-order chi connectivity index (χ0) is 9.68. The molecule has 4 nitrogen and oxygen atoms in total. The third-order valence-electron chi connectivity index (χ3n) is 1.27. The van der Waals surface area contributed by atoms with E-state index in [-0.39, 0.29) is 0 Å². The van der Waals surface area contributed by atoms with E-state index in [1.165, 1.54) is 18.2 Å². The van der Waals surface area contributed by atoms with Gasteiger partial charge in [0.15, 0.2) is 0 Å². The maximum absolute atomic E-state index is 12.6. The fourth-order valence-corrected chi connectivity index (χ4v) is 0.793. The summed E-state index contributed by atoms with van der Waals surface area (Å²) in [5.41, 5.74) is 0.310. The van der Waals surface area contributed by atoms with Crippen LogP contribution in [-0.4, -0.2) is 17.3 Å². The van der Waals surface area contributed by atoms with Gasteiger partial charge in [-0.3, -0.25) is 4.79 Å². The molecule has 0 aliphatic rings. The first kappa shape index (κ1) is 9.18. The Morgan fingerprint density at radius 3 is 3.00 bits per heavy atom. The van der Waals surface area contributed by atoms with Crippen molar-refractivity contribution in [3.8, 4) is 0 Å². The van der Waals surface area contributed by atoms with Crippen LogP contribution in [0.1, 0.15) is 0 Å². The fourth-order valence-electron chi connectivity index (χ4n) is 0.793. The molecule has 1 aromatic carbocycles. The highest BCUT2D eigenvalue weighted by Gasteiger charge is 1.98. The quantitative estimate of drug-likeness (QED) is 0.410. The normalized spacial score (nSPS) is 10.2. The van der Waals surface area contributed by atoms with E-state index in [4.69, 9.17) is 5.21 Å². The Kier molecular flexibility index (Phi) is 2.97. The van der Waals surface area contributed by atoms with Crippen molar-refractivity contribution in [2.75, 3.05) is 5.32 Å². The third-order valence-corrected chi connectivity index (χ3v) is 1.27. The maximum atomic E-state index is 12.6. The number of halogens is 1. The molecular formula is C8H7FN2O2. The lowest BCUT2D eigenvalue weighted by molar-refractivity contribution is -0.110. The van der Waals surface area contributed by atoms with Gasteiger partial charge in [-0.05, 0) is 18.2 Å². The van der Waals surface area contributed by atoms with E-state index in [1.54, 1.807) is 0 Å². The van der Waals surface area contributed by atoms with Gasteiger partial charge >= 0.3 is 0 Å². The number of hydrogen-bond acceptors (Lipinski definition) is 3. The summed E-state index contributed by atoms with van der Waals surface area (Å²) in [6, 6.07) is 5.39. The Morgan fingerprint density at radius 1 is 1.62 bits per heavy atom. The molecule has 0 bridgehead atoms. The van der Waals surface area contributed by atoms with Crippen LogP contribution in [0, 0.1) is 5.82 Å². The average Bonchev–Trinajstić information content (AvgIpc) is 2.04. The number of nitrogens with one attached hydrogen (secondary N) is 1. The number of amides is 1. The molecule has 2 N–H and O–H groups in total. The average molecular weight is 182 g/mol. The second-order valence-corrected chi connectivity index (χ2v) is 2.24. The second kappa shape index (κ2) is 4.20. The highest BCUT2D eigenvalue weighted by Crippen LogP contribution is 2.08. The fraction of sp³-hybridized carbons (Fsp3) is 0. The summed E-state index contributed by atoms with van der Waals surface area (Å²) in [4.78, 5) is 10.8. The zero-order valence-corrected chi connectivity index (χ0v) is 6.57. The summed E-state index contributed by atoms with van der Waals surface area (Å²) in [5, 5.41) is 12.8. The Labute approximate surface area is 73.7 Å². The van der Waals surface area contributed by atoms with E-state index in [1.807, 2.05) is 0 Å². The molecule has 0 radical (unpaired) electrons. The Balaban J connectivity index is 2.69. The van der Waals surface area contributed by atoms with Crippen LogP contribution in [0.3, 0.4) is 0 Å².